The van der Waals surface area contributed by atoms with Crippen molar-refractivity contribution in [2.75, 3.05) is 7.11 Å². The van der Waals surface area contributed by atoms with Crippen LogP contribution in [0.25, 0.3) is 21.9 Å². The number of benzene rings is 2. The molecule has 0 saturated carbocycles. The second-order valence-electron chi connectivity index (χ2n) is 6.20. The minimum Gasteiger partial charge on any atom is -0.495 e. The minimum atomic E-state index is -0.245. The summed E-state index contributed by atoms with van der Waals surface area (Å²) in [5.74, 6) is 0.715. The van der Waals surface area contributed by atoms with Gasteiger partial charge in [0.25, 0.3) is 0 Å². The molecule has 1 unspecified atom stereocenters. The molecule has 128 valence electrons. The number of nitrogens with zero attached hydrogens (tertiary/aromatic N) is 2. The summed E-state index contributed by atoms with van der Waals surface area (Å²) in [6.45, 7) is 0. The number of aromatic nitrogens is 2. The maximum absolute atomic E-state index is 6.53. The molecule has 0 amide bonds. The first-order valence-electron chi connectivity index (χ1n) is 8.43. The zero-order valence-corrected chi connectivity index (χ0v) is 14.5. The molecule has 4 heteroatoms. The summed E-state index contributed by atoms with van der Waals surface area (Å²) < 4.78 is 5.26. The molecule has 1 atom stereocenters. The number of fused-ring (bicyclic) bond motifs is 1. The summed E-state index contributed by atoms with van der Waals surface area (Å²) in [6, 6.07) is 18.3. The van der Waals surface area contributed by atoms with E-state index in [0.29, 0.717) is 5.75 Å². The number of hydrogen-bond acceptors (Lipinski definition) is 4. The number of ether oxygens (including phenoxy) is 1. The largest absolute Gasteiger partial charge is 0.495 e. The van der Waals surface area contributed by atoms with Crippen LogP contribution in [0.1, 0.15) is 17.2 Å². The normalized spacial score (nSPS) is 12.1. The lowest BCUT2D eigenvalue weighted by molar-refractivity contribution is 0.413. The molecule has 0 aliphatic rings. The van der Waals surface area contributed by atoms with Crippen molar-refractivity contribution in [1.29, 1.82) is 0 Å². The van der Waals surface area contributed by atoms with Crippen LogP contribution in [-0.4, -0.2) is 17.1 Å². The Morgan fingerprint density at radius 2 is 1.50 bits per heavy atom. The fourth-order valence-corrected chi connectivity index (χ4v) is 3.07. The zero-order valence-electron chi connectivity index (χ0n) is 14.5. The van der Waals surface area contributed by atoms with Crippen LogP contribution in [0.5, 0.6) is 5.75 Å². The Balaban J connectivity index is 1.70. The Morgan fingerprint density at radius 3 is 2.31 bits per heavy atom. The van der Waals surface area contributed by atoms with Gasteiger partial charge in [-0.25, -0.2) is 0 Å². The van der Waals surface area contributed by atoms with Crippen LogP contribution in [0.4, 0.5) is 0 Å². The Kier molecular flexibility index (Phi) is 4.33. The van der Waals surface area contributed by atoms with Gasteiger partial charge in [-0.1, -0.05) is 36.4 Å². The molecule has 0 radical (unpaired) electrons. The van der Waals surface area contributed by atoms with Crippen LogP contribution in [0.3, 0.4) is 0 Å². The molecular formula is C22H19N3O. The molecule has 26 heavy (non-hydrogen) atoms. The minimum absolute atomic E-state index is 0.245. The van der Waals surface area contributed by atoms with Crippen LogP contribution >= 0.6 is 0 Å². The molecule has 0 spiro atoms. The van der Waals surface area contributed by atoms with E-state index in [2.05, 4.69) is 46.4 Å². The molecule has 0 bridgehead atoms. The van der Waals surface area contributed by atoms with E-state index < -0.39 is 0 Å². The number of rotatable bonds is 4. The van der Waals surface area contributed by atoms with Gasteiger partial charge in [0.1, 0.15) is 5.75 Å². The third-order valence-electron chi connectivity index (χ3n) is 4.53. The maximum Gasteiger partial charge on any atom is 0.137 e. The van der Waals surface area contributed by atoms with E-state index in [-0.39, 0.29) is 6.04 Å². The summed E-state index contributed by atoms with van der Waals surface area (Å²) >= 11 is 0. The van der Waals surface area contributed by atoms with E-state index in [4.69, 9.17) is 10.5 Å². The molecule has 4 aromatic rings. The summed E-state index contributed by atoms with van der Waals surface area (Å²) in [5, 5.41) is 2.39. The van der Waals surface area contributed by atoms with Crippen molar-refractivity contribution in [2.45, 2.75) is 6.04 Å². The molecule has 0 fully saturated rings. The van der Waals surface area contributed by atoms with E-state index in [1.807, 2.05) is 30.6 Å². The van der Waals surface area contributed by atoms with E-state index in [1.54, 1.807) is 19.5 Å². The lowest BCUT2D eigenvalue weighted by atomic mass is 9.96. The SMILES string of the molecule is COc1cncc(-c2cncc(C(N)c3ccc4ccccc4c3)c2)c1. The Hall–Kier alpha value is -3.24. The van der Waals surface area contributed by atoms with Crippen molar-refractivity contribution in [1.82, 2.24) is 9.97 Å². The Bertz CT molecular complexity index is 1060. The van der Waals surface area contributed by atoms with Crippen molar-refractivity contribution in [3.63, 3.8) is 0 Å². The predicted molar refractivity (Wildman–Crippen MR) is 104 cm³/mol. The van der Waals surface area contributed by atoms with Crippen LogP contribution in [0, 0.1) is 0 Å². The molecule has 0 aliphatic heterocycles. The molecule has 4 nitrogen and oxygen atoms in total. The van der Waals surface area contributed by atoms with Gasteiger partial charge in [-0.2, -0.15) is 0 Å². The van der Waals surface area contributed by atoms with E-state index >= 15 is 0 Å². The molecule has 0 saturated heterocycles. The van der Waals surface area contributed by atoms with Gasteiger partial charge in [0, 0.05) is 29.7 Å². The summed E-state index contributed by atoms with van der Waals surface area (Å²) in [7, 11) is 1.63. The van der Waals surface area contributed by atoms with Gasteiger partial charge >= 0.3 is 0 Å². The van der Waals surface area contributed by atoms with Gasteiger partial charge in [0.15, 0.2) is 0 Å². The second kappa shape index (κ2) is 6.94. The number of pyridine rings is 2. The van der Waals surface area contributed by atoms with Crippen molar-refractivity contribution < 1.29 is 4.74 Å². The Labute approximate surface area is 152 Å². The van der Waals surface area contributed by atoms with Gasteiger partial charge in [0.2, 0.25) is 0 Å². The van der Waals surface area contributed by atoms with Crippen LogP contribution in [0.15, 0.2) is 79.4 Å². The summed E-state index contributed by atoms with van der Waals surface area (Å²) in [5.41, 5.74) is 10.5. The quantitative estimate of drug-likeness (QED) is 0.599. The number of methoxy groups -OCH3 is 1. The molecular weight excluding hydrogens is 322 g/mol. The van der Waals surface area contributed by atoms with Crippen molar-refractivity contribution in [3.8, 4) is 16.9 Å². The average Bonchev–Trinajstić information content (AvgIpc) is 2.73. The van der Waals surface area contributed by atoms with Gasteiger partial charge in [-0.05, 0) is 40.1 Å². The predicted octanol–water partition coefficient (Wildman–Crippen LogP) is 4.35. The van der Waals surface area contributed by atoms with Crippen LogP contribution < -0.4 is 10.5 Å². The molecule has 2 heterocycles. The molecule has 2 aromatic heterocycles. The van der Waals surface area contributed by atoms with Gasteiger partial charge in [-0.3, -0.25) is 9.97 Å². The highest BCUT2D eigenvalue weighted by Crippen LogP contribution is 2.27. The second-order valence-corrected chi connectivity index (χ2v) is 6.20. The van der Waals surface area contributed by atoms with E-state index in [0.717, 1.165) is 22.3 Å². The highest BCUT2D eigenvalue weighted by molar-refractivity contribution is 5.83. The highest BCUT2D eigenvalue weighted by Gasteiger charge is 2.12. The van der Waals surface area contributed by atoms with Crippen LogP contribution in [0.2, 0.25) is 0 Å². The first-order valence-corrected chi connectivity index (χ1v) is 8.43. The average molecular weight is 341 g/mol. The zero-order chi connectivity index (χ0) is 17.9. The van der Waals surface area contributed by atoms with Gasteiger partial charge < -0.3 is 10.5 Å². The molecule has 4 rings (SSSR count). The van der Waals surface area contributed by atoms with Crippen molar-refractivity contribution in [3.05, 3.63) is 90.5 Å². The van der Waals surface area contributed by atoms with Crippen LogP contribution in [-0.2, 0) is 0 Å². The fraction of sp³-hybridized carbons (Fsp3) is 0.0909. The topological polar surface area (TPSA) is 61.0 Å². The van der Waals surface area contributed by atoms with E-state index in [9.17, 15) is 0 Å². The summed E-state index contributed by atoms with van der Waals surface area (Å²) in [6.07, 6.45) is 7.11. The van der Waals surface area contributed by atoms with Crippen molar-refractivity contribution in [2.24, 2.45) is 5.73 Å². The fourth-order valence-electron chi connectivity index (χ4n) is 3.07. The standard InChI is InChI=1S/C22H19N3O/c1-26-21-10-19(12-25-14-21)18-9-20(13-24-11-18)22(23)17-7-6-15-4-2-3-5-16(15)8-17/h2-14,22H,23H2,1H3. The Morgan fingerprint density at radius 1 is 0.769 bits per heavy atom. The third kappa shape index (κ3) is 3.15. The lowest BCUT2D eigenvalue weighted by Gasteiger charge is -2.14. The smallest absolute Gasteiger partial charge is 0.137 e. The highest BCUT2D eigenvalue weighted by atomic mass is 16.5. The number of hydrogen-bond donors (Lipinski definition) is 1. The molecule has 2 aromatic carbocycles. The maximum atomic E-state index is 6.53. The molecule has 2 N–H and O–H groups in total. The number of nitrogens with two attached hydrogens (primary N) is 1. The first-order chi connectivity index (χ1) is 12.7. The van der Waals surface area contributed by atoms with E-state index in [1.165, 1.54) is 10.8 Å². The van der Waals surface area contributed by atoms with Gasteiger partial charge in [0.05, 0.1) is 19.3 Å². The molecule has 0 aliphatic carbocycles. The van der Waals surface area contributed by atoms with Gasteiger partial charge in [-0.15, -0.1) is 0 Å². The summed E-state index contributed by atoms with van der Waals surface area (Å²) in [4.78, 5) is 8.59. The third-order valence-corrected chi connectivity index (χ3v) is 4.53. The lowest BCUT2D eigenvalue weighted by Crippen LogP contribution is -2.12. The monoisotopic (exact) mass is 341 g/mol. The van der Waals surface area contributed by atoms with Crippen molar-refractivity contribution >= 4 is 10.8 Å². The first kappa shape index (κ1) is 16.2.